The summed E-state index contributed by atoms with van der Waals surface area (Å²) in [5.74, 6) is 0.651. The molecule has 1 saturated heterocycles. The Hall–Kier alpha value is -3.04. The van der Waals surface area contributed by atoms with Gasteiger partial charge in [-0.05, 0) is 24.3 Å². The number of hydrogen-bond donors (Lipinski definition) is 3. The Labute approximate surface area is 196 Å². The summed E-state index contributed by atoms with van der Waals surface area (Å²) in [7, 11) is 1.46. The zero-order valence-electron chi connectivity index (χ0n) is 18.6. The summed E-state index contributed by atoms with van der Waals surface area (Å²) in [6, 6.07) is 6.43. The Morgan fingerprint density at radius 3 is 2.88 bits per heavy atom. The molecule has 0 aliphatic carbocycles. The Balaban J connectivity index is 1.42. The van der Waals surface area contributed by atoms with Crippen molar-refractivity contribution < 1.29 is 28.9 Å². The van der Waals surface area contributed by atoms with Crippen LogP contribution in [-0.2, 0) is 10.2 Å². The number of rotatable bonds is 7. The maximum atomic E-state index is 12.7. The highest BCUT2D eigenvalue weighted by atomic mass is 35.5. The third-order valence-electron chi connectivity index (χ3n) is 5.75. The van der Waals surface area contributed by atoms with Gasteiger partial charge in [-0.15, -0.1) is 0 Å². The van der Waals surface area contributed by atoms with Crippen LogP contribution in [-0.4, -0.2) is 54.8 Å². The van der Waals surface area contributed by atoms with Gasteiger partial charge in [-0.25, -0.2) is 4.98 Å². The third-order valence-corrected chi connectivity index (χ3v) is 6.00. The van der Waals surface area contributed by atoms with Crippen molar-refractivity contribution >= 4 is 23.4 Å². The van der Waals surface area contributed by atoms with E-state index >= 15 is 0 Å². The van der Waals surface area contributed by atoms with Crippen LogP contribution in [0.2, 0.25) is 5.15 Å². The highest BCUT2D eigenvalue weighted by Gasteiger charge is 2.35. The normalized spacial score (nSPS) is 19.3. The molecule has 2 aromatic rings. The number of hydrogen-bond acceptors (Lipinski definition) is 7. The molecule has 10 heteroatoms. The predicted octanol–water partition coefficient (Wildman–Crippen LogP) is 2.14. The molecule has 1 fully saturated rings. The van der Waals surface area contributed by atoms with Crippen molar-refractivity contribution in [3.8, 4) is 17.2 Å². The van der Waals surface area contributed by atoms with Crippen molar-refractivity contribution in [2.24, 2.45) is 0 Å². The highest BCUT2D eigenvalue weighted by Crippen LogP contribution is 2.43. The second-order valence-corrected chi connectivity index (χ2v) is 9.02. The van der Waals surface area contributed by atoms with Gasteiger partial charge in [0.15, 0.2) is 28.5 Å². The maximum Gasteiger partial charge on any atom is 0.261 e. The van der Waals surface area contributed by atoms with E-state index in [1.54, 1.807) is 18.2 Å². The van der Waals surface area contributed by atoms with Crippen molar-refractivity contribution in [1.82, 2.24) is 15.6 Å². The standard InChI is InChI=1S/C23H26ClN3O6/c1-23(2)11-32-19-13(23)9-14(27-20(19)24)15(28)10-26-21(29)12-4-5-16(18(8-12)31-3)33-17-6-7-25-22(17)30/h4-5,8-9,15,17,28H,6-7,10-11H2,1-3H3,(H,25,30)(H,26,29). The van der Waals surface area contributed by atoms with E-state index in [-0.39, 0.29) is 23.0 Å². The van der Waals surface area contributed by atoms with Crippen LogP contribution >= 0.6 is 11.6 Å². The zero-order valence-corrected chi connectivity index (χ0v) is 19.4. The lowest BCUT2D eigenvalue weighted by atomic mass is 9.87. The molecule has 2 atom stereocenters. The lowest BCUT2D eigenvalue weighted by Gasteiger charge is -2.18. The van der Waals surface area contributed by atoms with Gasteiger partial charge < -0.3 is 30.0 Å². The number of ether oxygens (including phenoxy) is 3. The quantitative estimate of drug-likeness (QED) is 0.525. The molecule has 3 heterocycles. The number of aliphatic hydroxyl groups is 1. The predicted molar refractivity (Wildman–Crippen MR) is 120 cm³/mol. The van der Waals surface area contributed by atoms with Crippen LogP contribution in [0.3, 0.4) is 0 Å². The average molecular weight is 476 g/mol. The monoisotopic (exact) mass is 475 g/mol. The number of fused-ring (bicyclic) bond motifs is 1. The number of aliphatic hydroxyl groups excluding tert-OH is 1. The minimum absolute atomic E-state index is 0.0644. The molecule has 0 radical (unpaired) electrons. The van der Waals surface area contributed by atoms with E-state index in [0.29, 0.717) is 48.1 Å². The Bertz CT molecular complexity index is 1090. The number of nitrogens with one attached hydrogen (secondary N) is 2. The number of methoxy groups -OCH3 is 1. The number of nitrogens with zero attached hydrogens (tertiary/aromatic N) is 1. The van der Waals surface area contributed by atoms with Crippen LogP contribution in [0.15, 0.2) is 24.3 Å². The number of aromatic nitrogens is 1. The van der Waals surface area contributed by atoms with E-state index in [1.165, 1.54) is 13.2 Å². The number of carbonyl (C=O) groups excluding carboxylic acids is 2. The van der Waals surface area contributed by atoms with Crippen LogP contribution in [0, 0.1) is 0 Å². The molecule has 33 heavy (non-hydrogen) atoms. The van der Waals surface area contributed by atoms with Crippen LogP contribution in [0.1, 0.15) is 48.0 Å². The first kappa shape index (κ1) is 23.1. The van der Waals surface area contributed by atoms with E-state index in [2.05, 4.69) is 15.6 Å². The summed E-state index contributed by atoms with van der Waals surface area (Å²) in [4.78, 5) is 28.6. The molecule has 0 bridgehead atoms. The molecule has 2 unspecified atom stereocenters. The first-order valence-corrected chi connectivity index (χ1v) is 11.0. The average Bonchev–Trinajstić information content (AvgIpc) is 3.34. The van der Waals surface area contributed by atoms with Crippen molar-refractivity contribution in [3.63, 3.8) is 0 Å². The van der Waals surface area contributed by atoms with Crippen LogP contribution < -0.4 is 24.8 Å². The third kappa shape index (κ3) is 4.69. The molecule has 2 aliphatic rings. The summed E-state index contributed by atoms with van der Waals surface area (Å²) in [6.45, 7) is 5.02. The van der Waals surface area contributed by atoms with Crippen LogP contribution in [0.4, 0.5) is 0 Å². The number of amides is 2. The van der Waals surface area contributed by atoms with Crippen molar-refractivity contribution in [3.05, 3.63) is 46.2 Å². The van der Waals surface area contributed by atoms with E-state index in [9.17, 15) is 14.7 Å². The molecule has 1 aromatic heterocycles. The minimum atomic E-state index is -1.06. The van der Waals surface area contributed by atoms with Gasteiger partial charge in [-0.3, -0.25) is 9.59 Å². The van der Waals surface area contributed by atoms with Gasteiger partial charge in [0.2, 0.25) is 0 Å². The SMILES string of the molecule is COc1cc(C(=O)NCC(O)c2cc3c(c(Cl)n2)OCC3(C)C)ccc1OC1CCNC1=O. The van der Waals surface area contributed by atoms with E-state index in [1.807, 2.05) is 13.8 Å². The second kappa shape index (κ2) is 9.07. The molecule has 2 aliphatic heterocycles. The first-order chi connectivity index (χ1) is 15.7. The molecule has 1 aromatic carbocycles. The van der Waals surface area contributed by atoms with Gasteiger partial charge in [0.25, 0.3) is 11.8 Å². The lowest BCUT2D eigenvalue weighted by Crippen LogP contribution is -2.29. The summed E-state index contributed by atoms with van der Waals surface area (Å²) < 4.78 is 16.7. The number of halogens is 1. The van der Waals surface area contributed by atoms with Crippen molar-refractivity contribution in [2.75, 3.05) is 26.8 Å². The molecule has 9 nitrogen and oxygen atoms in total. The smallest absolute Gasteiger partial charge is 0.261 e. The van der Waals surface area contributed by atoms with Gasteiger partial charge in [-0.1, -0.05) is 25.4 Å². The summed E-state index contributed by atoms with van der Waals surface area (Å²) in [5.41, 5.74) is 1.30. The largest absolute Gasteiger partial charge is 0.493 e. The lowest BCUT2D eigenvalue weighted by molar-refractivity contribution is -0.124. The number of benzene rings is 1. The van der Waals surface area contributed by atoms with Crippen LogP contribution in [0.25, 0.3) is 0 Å². The molecular formula is C23H26ClN3O6. The van der Waals surface area contributed by atoms with Gasteiger partial charge >= 0.3 is 0 Å². The first-order valence-electron chi connectivity index (χ1n) is 10.6. The molecule has 0 saturated carbocycles. The van der Waals surface area contributed by atoms with E-state index in [0.717, 1.165) is 5.56 Å². The maximum absolute atomic E-state index is 12.7. The molecule has 3 N–H and O–H groups in total. The summed E-state index contributed by atoms with van der Waals surface area (Å²) in [6.07, 6.45) is -1.08. The van der Waals surface area contributed by atoms with Gasteiger partial charge in [0.1, 0.15) is 6.10 Å². The Morgan fingerprint density at radius 1 is 1.39 bits per heavy atom. The Morgan fingerprint density at radius 2 is 2.18 bits per heavy atom. The molecule has 176 valence electrons. The summed E-state index contributed by atoms with van der Waals surface area (Å²) in [5, 5.41) is 16.2. The van der Waals surface area contributed by atoms with Crippen LogP contribution in [0.5, 0.6) is 17.2 Å². The van der Waals surface area contributed by atoms with E-state index < -0.39 is 18.1 Å². The van der Waals surface area contributed by atoms with Gasteiger partial charge in [0.05, 0.1) is 19.4 Å². The minimum Gasteiger partial charge on any atom is -0.493 e. The number of carbonyl (C=O) groups is 2. The second-order valence-electron chi connectivity index (χ2n) is 8.66. The van der Waals surface area contributed by atoms with Gasteiger partial charge in [-0.2, -0.15) is 0 Å². The fourth-order valence-electron chi connectivity index (χ4n) is 3.80. The molecule has 4 rings (SSSR count). The zero-order chi connectivity index (χ0) is 23.8. The van der Waals surface area contributed by atoms with Crippen molar-refractivity contribution in [2.45, 2.75) is 37.9 Å². The van der Waals surface area contributed by atoms with E-state index in [4.69, 9.17) is 25.8 Å². The Kier molecular flexibility index (Phi) is 6.36. The fourth-order valence-corrected chi connectivity index (χ4v) is 4.06. The number of pyridine rings is 1. The topological polar surface area (TPSA) is 119 Å². The highest BCUT2D eigenvalue weighted by molar-refractivity contribution is 6.31. The molecule has 2 amide bonds. The van der Waals surface area contributed by atoms with Crippen molar-refractivity contribution in [1.29, 1.82) is 0 Å². The fraction of sp³-hybridized carbons (Fsp3) is 0.435. The van der Waals surface area contributed by atoms with Gasteiger partial charge in [0, 0.05) is 36.1 Å². The summed E-state index contributed by atoms with van der Waals surface area (Å²) >= 11 is 6.24. The molecular weight excluding hydrogens is 450 g/mol. The molecule has 0 spiro atoms.